The highest BCUT2D eigenvalue weighted by molar-refractivity contribution is 6.20. The van der Waals surface area contributed by atoms with Crippen LogP contribution in [-0.4, -0.2) is 29.7 Å². The van der Waals surface area contributed by atoms with Crippen LogP contribution in [0.3, 0.4) is 0 Å². The molecule has 3 nitrogen and oxygen atoms in total. The van der Waals surface area contributed by atoms with Gasteiger partial charge < -0.3 is 4.90 Å². The molecule has 0 atom stereocenters. The van der Waals surface area contributed by atoms with Gasteiger partial charge in [0.1, 0.15) is 0 Å². The molecule has 0 aromatic rings. The van der Waals surface area contributed by atoms with E-state index in [4.69, 9.17) is 0 Å². The van der Waals surface area contributed by atoms with E-state index in [1.165, 1.54) is 6.42 Å². The van der Waals surface area contributed by atoms with Gasteiger partial charge in [-0.2, -0.15) is 0 Å². The van der Waals surface area contributed by atoms with Crippen LogP contribution < -0.4 is 0 Å². The second-order valence-electron chi connectivity index (χ2n) is 3.93. The Morgan fingerprint density at radius 2 is 1.93 bits per heavy atom. The lowest BCUT2D eigenvalue weighted by Crippen LogP contribution is -2.37. The standard InChI is InChI=1S/C11H15NO2/c13-10-6-4-5-9(10)11(14)12-7-2-1-3-8-12/h5H,1-4,6-8H2. The fourth-order valence-electron chi connectivity index (χ4n) is 2.07. The molecule has 0 radical (unpaired) electrons. The predicted octanol–water partition coefficient (Wildman–Crippen LogP) is 1.29. The number of hydrogen-bond donors (Lipinski definition) is 0. The highest BCUT2D eigenvalue weighted by Crippen LogP contribution is 2.18. The first kappa shape index (κ1) is 9.44. The second kappa shape index (κ2) is 3.95. The Morgan fingerprint density at radius 1 is 1.21 bits per heavy atom. The Balaban J connectivity index is 2.03. The molecule has 1 aliphatic carbocycles. The van der Waals surface area contributed by atoms with E-state index in [0.29, 0.717) is 12.0 Å². The summed E-state index contributed by atoms with van der Waals surface area (Å²) in [6, 6.07) is 0. The second-order valence-corrected chi connectivity index (χ2v) is 3.93. The van der Waals surface area contributed by atoms with E-state index in [-0.39, 0.29) is 11.7 Å². The molecule has 2 rings (SSSR count). The van der Waals surface area contributed by atoms with Gasteiger partial charge in [-0.15, -0.1) is 0 Å². The summed E-state index contributed by atoms with van der Waals surface area (Å²) in [5.74, 6) is -0.00669. The van der Waals surface area contributed by atoms with E-state index in [0.717, 1.165) is 32.4 Å². The van der Waals surface area contributed by atoms with Crippen molar-refractivity contribution in [3.05, 3.63) is 11.6 Å². The lowest BCUT2D eigenvalue weighted by Gasteiger charge is -2.26. The number of hydrogen-bond acceptors (Lipinski definition) is 2. The van der Waals surface area contributed by atoms with Crippen LogP contribution >= 0.6 is 0 Å². The van der Waals surface area contributed by atoms with E-state index in [2.05, 4.69) is 0 Å². The average molecular weight is 193 g/mol. The van der Waals surface area contributed by atoms with Crippen LogP contribution in [0, 0.1) is 0 Å². The molecule has 0 bridgehead atoms. The summed E-state index contributed by atoms with van der Waals surface area (Å²) < 4.78 is 0. The maximum atomic E-state index is 11.8. The number of nitrogens with zero attached hydrogens (tertiary/aromatic N) is 1. The van der Waals surface area contributed by atoms with E-state index >= 15 is 0 Å². The zero-order chi connectivity index (χ0) is 9.97. The van der Waals surface area contributed by atoms with Crippen LogP contribution in [0.1, 0.15) is 32.1 Å². The first-order valence-corrected chi connectivity index (χ1v) is 5.31. The molecule has 1 aliphatic heterocycles. The molecule has 14 heavy (non-hydrogen) atoms. The van der Waals surface area contributed by atoms with Crippen molar-refractivity contribution in [2.45, 2.75) is 32.1 Å². The molecular formula is C11H15NO2. The number of amides is 1. The number of carbonyl (C=O) groups is 2. The Hall–Kier alpha value is -1.12. The Morgan fingerprint density at radius 3 is 2.50 bits per heavy atom. The Kier molecular flexibility index (Phi) is 2.66. The molecule has 1 fully saturated rings. The van der Waals surface area contributed by atoms with Gasteiger partial charge in [-0.3, -0.25) is 9.59 Å². The molecule has 1 saturated heterocycles. The highest BCUT2D eigenvalue weighted by atomic mass is 16.2. The summed E-state index contributed by atoms with van der Waals surface area (Å²) in [7, 11) is 0. The smallest absolute Gasteiger partial charge is 0.257 e. The number of piperidine rings is 1. The van der Waals surface area contributed by atoms with Crippen LogP contribution in [0.15, 0.2) is 11.6 Å². The van der Waals surface area contributed by atoms with Gasteiger partial charge in [-0.1, -0.05) is 6.08 Å². The van der Waals surface area contributed by atoms with E-state index in [1.54, 1.807) is 6.08 Å². The van der Waals surface area contributed by atoms with E-state index < -0.39 is 0 Å². The van der Waals surface area contributed by atoms with Crippen molar-refractivity contribution in [1.82, 2.24) is 4.90 Å². The minimum atomic E-state index is -0.0350. The Labute approximate surface area is 83.8 Å². The molecule has 1 amide bonds. The van der Waals surface area contributed by atoms with Gasteiger partial charge in [0.05, 0.1) is 5.57 Å². The van der Waals surface area contributed by atoms with Crippen molar-refractivity contribution in [1.29, 1.82) is 0 Å². The lowest BCUT2D eigenvalue weighted by atomic mass is 10.1. The molecule has 2 aliphatic rings. The lowest BCUT2D eigenvalue weighted by molar-refractivity contribution is -0.130. The quantitative estimate of drug-likeness (QED) is 0.588. The summed E-state index contributed by atoms with van der Waals surface area (Å²) in [5, 5.41) is 0. The summed E-state index contributed by atoms with van der Waals surface area (Å²) in [6.45, 7) is 1.65. The number of Topliss-reactive ketones (excluding diaryl/α,β-unsaturated/α-hetero) is 1. The largest absolute Gasteiger partial charge is 0.339 e. The molecule has 0 unspecified atom stereocenters. The van der Waals surface area contributed by atoms with Crippen molar-refractivity contribution >= 4 is 11.7 Å². The summed E-state index contributed by atoms with van der Waals surface area (Å²) >= 11 is 0. The van der Waals surface area contributed by atoms with E-state index in [1.807, 2.05) is 4.90 Å². The van der Waals surface area contributed by atoms with Crippen molar-refractivity contribution in [3.63, 3.8) is 0 Å². The Bertz CT molecular complexity index is 288. The number of allylic oxidation sites excluding steroid dienone is 1. The third-order valence-corrected chi connectivity index (χ3v) is 2.89. The number of carbonyl (C=O) groups excluding carboxylic acids is 2. The fourth-order valence-corrected chi connectivity index (χ4v) is 2.07. The maximum Gasteiger partial charge on any atom is 0.257 e. The molecule has 0 aromatic heterocycles. The molecule has 1 heterocycles. The normalized spacial score (nSPS) is 22.4. The SMILES string of the molecule is O=C1CCC=C1C(=O)N1CCCCC1. The van der Waals surface area contributed by atoms with Gasteiger partial charge in [0.2, 0.25) is 0 Å². The van der Waals surface area contributed by atoms with Gasteiger partial charge in [0.15, 0.2) is 5.78 Å². The van der Waals surface area contributed by atoms with Gasteiger partial charge in [-0.25, -0.2) is 0 Å². The van der Waals surface area contributed by atoms with Gasteiger partial charge in [-0.05, 0) is 25.7 Å². The first-order valence-electron chi connectivity index (χ1n) is 5.31. The molecule has 76 valence electrons. The average Bonchev–Trinajstić information content (AvgIpc) is 2.65. The molecule has 0 N–H and O–H groups in total. The fraction of sp³-hybridized carbons (Fsp3) is 0.636. The molecule has 0 spiro atoms. The first-order chi connectivity index (χ1) is 6.79. The summed E-state index contributed by atoms with van der Waals surface area (Å²) in [5.41, 5.74) is 0.437. The number of ketones is 1. The van der Waals surface area contributed by atoms with Crippen molar-refractivity contribution in [3.8, 4) is 0 Å². The minimum Gasteiger partial charge on any atom is -0.339 e. The van der Waals surface area contributed by atoms with Crippen LogP contribution in [0.5, 0.6) is 0 Å². The zero-order valence-electron chi connectivity index (χ0n) is 8.29. The van der Waals surface area contributed by atoms with Crippen LogP contribution in [-0.2, 0) is 9.59 Å². The molecule has 0 saturated carbocycles. The maximum absolute atomic E-state index is 11.8. The van der Waals surface area contributed by atoms with Crippen molar-refractivity contribution in [2.75, 3.05) is 13.1 Å². The van der Waals surface area contributed by atoms with Gasteiger partial charge in [0.25, 0.3) is 5.91 Å². The highest BCUT2D eigenvalue weighted by Gasteiger charge is 2.26. The van der Waals surface area contributed by atoms with Crippen molar-refractivity contribution < 1.29 is 9.59 Å². The summed E-state index contributed by atoms with van der Waals surface area (Å²) in [6.07, 6.45) is 6.42. The van der Waals surface area contributed by atoms with E-state index in [9.17, 15) is 9.59 Å². The van der Waals surface area contributed by atoms with Crippen LogP contribution in [0.2, 0.25) is 0 Å². The third kappa shape index (κ3) is 1.72. The van der Waals surface area contributed by atoms with Crippen LogP contribution in [0.25, 0.3) is 0 Å². The monoisotopic (exact) mass is 193 g/mol. The predicted molar refractivity (Wildman–Crippen MR) is 52.8 cm³/mol. The molecule has 3 heteroatoms. The number of likely N-dealkylation sites (tertiary alicyclic amines) is 1. The zero-order valence-corrected chi connectivity index (χ0v) is 8.29. The number of rotatable bonds is 1. The van der Waals surface area contributed by atoms with Gasteiger partial charge >= 0.3 is 0 Å². The molecular weight excluding hydrogens is 178 g/mol. The molecule has 0 aromatic carbocycles. The minimum absolute atomic E-state index is 0.0283. The van der Waals surface area contributed by atoms with Gasteiger partial charge in [0, 0.05) is 19.5 Å². The van der Waals surface area contributed by atoms with Crippen LogP contribution in [0.4, 0.5) is 0 Å². The topological polar surface area (TPSA) is 37.4 Å². The summed E-state index contributed by atoms with van der Waals surface area (Å²) in [4.78, 5) is 25.0. The van der Waals surface area contributed by atoms with Crippen molar-refractivity contribution in [2.24, 2.45) is 0 Å². The third-order valence-electron chi connectivity index (χ3n) is 2.89.